The number of allylic oxidation sites excluding steroid dienone is 6. The molecule has 0 saturated carbocycles. The Bertz CT molecular complexity index is 979. The van der Waals surface area contributed by atoms with E-state index in [4.69, 9.17) is 0 Å². The van der Waals surface area contributed by atoms with Gasteiger partial charge in [0.15, 0.2) is 0 Å². The van der Waals surface area contributed by atoms with Gasteiger partial charge in [-0.1, -0.05) is 69.8 Å². The maximum absolute atomic E-state index is 4.54. The number of fused-ring (bicyclic) bond motifs is 1. The van der Waals surface area contributed by atoms with Gasteiger partial charge in [-0.25, -0.2) is 0 Å². The normalized spacial score (nSPS) is 23.7. The molecule has 1 heteroatoms. The molecule has 0 radical (unpaired) electrons. The highest BCUT2D eigenvalue weighted by molar-refractivity contribution is 5.79. The summed E-state index contributed by atoms with van der Waals surface area (Å²) < 4.78 is 0. The molecule has 2 aliphatic heterocycles. The van der Waals surface area contributed by atoms with Crippen LogP contribution in [0.4, 0.5) is 0 Å². The minimum Gasteiger partial charge on any atom is -0.337 e. The van der Waals surface area contributed by atoms with E-state index in [1.807, 2.05) is 0 Å². The molecule has 1 aromatic rings. The van der Waals surface area contributed by atoms with Gasteiger partial charge in [0.05, 0.1) is 0 Å². The van der Waals surface area contributed by atoms with Crippen LogP contribution in [0.5, 0.6) is 0 Å². The van der Waals surface area contributed by atoms with E-state index in [-0.39, 0.29) is 0 Å². The van der Waals surface area contributed by atoms with E-state index in [2.05, 4.69) is 75.7 Å². The number of hydrogen-bond donors (Lipinski definition) is 0. The smallest absolute Gasteiger partial charge is 0.0491 e. The Morgan fingerprint density at radius 2 is 1.89 bits per heavy atom. The minimum absolute atomic E-state index is 0.405. The molecule has 2 heterocycles. The average molecular weight is 370 g/mol. The summed E-state index contributed by atoms with van der Waals surface area (Å²) >= 11 is 0. The first-order valence-electron chi connectivity index (χ1n) is 10.5. The summed E-state index contributed by atoms with van der Waals surface area (Å²) in [4.78, 5) is 2.39. The van der Waals surface area contributed by atoms with Gasteiger partial charge in [-0.05, 0) is 71.3 Å². The molecule has 1 aromatic carbocycles. The Balaban J connectivity index is 1.82. The highest BCUT2D eigenvalue weighted by Crippen LogP contribution is 2.48. The van der Waals surface area contributed by atoms with Crippen LogP contribution in [0.25, 0.3) is 5.57 Å². The van der Waals surface area contributed by atoms with Gasteiger partial charge in [0.25, 0.3) is 0 Å². The first-order valence-corrected chi connectivity index (χ1v) is 10.5. The van der Waals surface area contributed by atoms with Crippen LogP contribution in [0.15, 0.2) is 89.3 Å². The molecule has 0 bridgehead atoms. The molecule has 28 heavy (non-hydrogen) atoms. The van der Waals surface area contributed by atoms with Crippen molar-refractivity contribution in [1.82, 2.24) is 4.90 Å². The van der Waals surface area contributed by atoms with Gasteiger partial charge in [0.1, 0.15) is 0 Å². The van der Waals surface area contributed by atoms with Crippen molar-refractivity contribution in [1.29, 1.82) is 0 Å². The van der Waals surface area contributed by atoms with E-state index in [0.29, 0.717) is 5.92 Å². The van der Waals surface area contributed by atoms with E-state index >= 15 is 0 Å². The Hall–Kier alpha value is -2.54. The zero-order valence-corrected chi connectivity index (χ0v) is 17.6. The number of hydrogen-bond acceptors (Lipinski definition) is 1. The summed E-state index contributed by atoms with van der Waals surface area (Å²) in [5, 5.41) is 0. The topological polar surface area (TPSA) is 3.24 Å². The summed E-state index contributed by atoms with van der Waals surface area (Å²) in [6.07, 6.45) is 6.71. The third-order valence-electron chi connectivity index (χ3n) is 6.70. The standard InChI is InChI=1S/C27H31N/c1-7-10-24(22-12-9-8-11-18(22)3)26-16-28-21(6)23-14-13-17(2)19(4)25(23)15-27(28)20(26)5/h8-9,11-12,15,19H,2,5-7,10,13-14,16H2,1,3-4H3/b26-24-. The molecule has 1 fully saturated rings. The van der Waals surface area contributed by atoms with Crippen molar-refractivity contribution in [2.24, 2.45) is 5.92 Å². The third kappa shape index (κ3) is 2.85. The average Bonchev–Trinajstić information content (AvgIpc) is 3.01. The highest BCUT2D eigenvalue weighted by Gasteiger charge is 2.36. The van der Waals surface area contributed by atoms with Crippen molar-refractivity contribution >= 4 is 5.57 Å². The maximum Gasteiger partial charge on any atom is 0.0491 e. The lowest BCUT2D eigenvalue weighted by molar-refractivity contribution is 0.493. The molecule has 0 N–H and O–H groups in total. The third-order valence-corrected chi connectivity index (χ3v) is 6.70. The molecule has 0 spiro atoms. The van der Waals surface area contributed by atoms with Crippen LogP contribution in [0.3, 0.4) is 0 Å². The van der Waals surface area contributed by atoms with E-state index < -0.39 is 0 Å². The van der Waals surface area contributed by atoms with Gasteiger partial charge in [0, 0.05) is 23.9 Å². The van der Waals surface area contributed by atoms with Crippen LogP contribution in [-0.4, -0.2) is 11.4 Å². The van der Waals surface area contributed by atoms with Gasteiger partial charge in [0.2, 0.25) is 0 Å². The zero-order valence-electron chi connectivity index (χ0n) is 17.6. The summed E-state index contributed by atoms with van der Waals surface area (Å²) in [6, 6.07) is 8.74. The summed E-state index contributed by atoms with van der Waals surface area (Å²) in [6.45, 7) is 21.0. The summed E-state index contributed by atoms with van der Waals surface area (Å²) in [7, 11) is 0. The summed E-state index contributed by atoms with van der Waals surface area (Å²) in [5.41, 5.74) is 13.3. The maximum atomic E-state index is 4.54. The molecule has 0 amide bonds. The van der Waals surface area contributed by atoms with Crippen molar-refractivity contribution in [2.45, 2.75) is 46.5 Å². The molecule has 4 rings (SSSR count). The SMILES string of the molecule is C=C1C2=CC3=C(CCC(=C)C3C)C(=C)N2C/C1=C(\CCC)c1ccccc1C. The minimum atomic E-state index is 0.405. The zero-order chi connectivity index (χ0) is 20.0. The van der Waals surface area contributed by atoms with Gasteiger partial charge < -0.3 is 4.90 Å². The van der Waals surface area contributed by atoms with Gasteiger partial charge >= 0.3 is 0 Å². The summed E-state index contributed by atoms with van der Waals surface area (Å²) in [5.74, 6) is 0.405. The first kappa shape index (κ1) is 18.8. The second-order valence-electron chi connectivity index (χ2n) is 8.38. The quantitative estimate of drug-likeness (QED) is 0.513. The molecule has 1 unspecified atom stereocenters. The van der Waals surface area contributed by atoms with E-state index in [9.17, 15) is 0 Å². The Morgan fingerprint density at radius 1 is 1.14 bits per heavy atom. The van der Waals surface area contributed by atoms with Crippen molar-refractivity contribution in [2.75, 3.05) is 6.54 Å². The van der Waals surface area contributed by atoms with Crippen molar-refractivity contribution in [3.8, 4) is 0 Å². The predicted octanol–water partition coefficient (Wildman–Crippen LogP) is 7.11. The Labute approximate surface area is 170 Å². The number of aryl methyl sites for hydroxylation is 1. The number of rotatable bonds is 3. The highest BCUT2D eigenvalue weighted by atomic mass is 15.2. The van der Waals surface area contributed by atoms with Crippen molar-refractivity contribution < 1.29 is 0 Å². The fourth-order valence-corrected chi connectivity index (χ4v) is 4.91. The first-order chi connectivity index (χ1) is 13.4. The lowest BCUT2D eigenvalue weighted by Gasteiger charge is -2.36. The second-order valence-corrected chi connectivity index (χ2v) is 8.38. The fourth-order valence-electron chi connectivity index (χ4n) is 4.91. The largest absolute Gasteiger partial charge is 0.337 e. The lowest BCUT2D eigenvalue weighted by atomic mass is 9.77. The van der Waals surface area contributed by atoms with Crippen LogP contribution >= 0.6 is 0 Å². The van der Waals surface area contributed by atoms with Crippen LogP contribution in [0.1, 0.15) is 50.7 Å². The number of benzene rings is 1. The van der Waals surface area contributed by atoms with Crippen molar-refractivity contribution in [3.05, 3.63) is 100 Å². The fraction of sp³-hybridized carbons (Fsp3) is 0.333. The van der Waals surface area contributed by atoms with Gasteiger partial charge in [-0.2, -0.15) is 0 Å². The van der Waals surface area contributed by atoms with E-state index in [1.165, 1.54) is 56.0 Å². The van der Waals surface area contributed by atoms with Crippen LogP contribution < -0.4 is 0 Å². The molecule has 1 nitrogen and oxygen atoms in total. The lowest BCUT2D eigenvalue weighted by Crippen LogP contribution is -2.26. The van der Waals surface area contributed by atoms with Crippen LogP contribution in [-0.2, 0) is 0 Å². The number of nitrogens with zero attached hydrogens (tertiary/aromatic N) is 1. The molecular formula is C27H31N. The molecule has 144 valence electrons. The van der Waals surface area contributed by atoms with Gasteiger partial charge in [-0.3, -0.25) is 0 Å². The molecular weight excluding hydrogens is 338 g/mol. The predicted molar refractivity (Wildman–Crippen MR) is 121 cm³/mol. The van der Waals surface area contributed by atoms with E-state index in [0.717, 1.165) is 32.2 Å². The monoisotopic (exact) mass is 369 g/mol. The molecule has 1 atom stereocenters. The molecule has 3 aliphatic rings. The Kier molecular flexibility index (Phi) is 4.79. The second kappa shape index (κ2) is 7.13. The molecule has 1 aliphatic carbocycles. The van der Waals surface area contributed by atoms with Gasteiger partial charge in [-0.15, -0.1) is 0 Å². The van der Waals surface area contributed by atoms with Crippen LogP contribution in [0.2, 0.25) is 0 Å². The van der Waals surface area contributed by atoms with Crippen LogP contribution in [0, 0.1) is 12.8 Å². The molecule has 1 saturated heterocycles. The van der Waals surface area contributed by atoms with Crippen molar-refractivity contribution in [3.63, 3.8) is 0 Å². The van der Waals surface area contributed by atoms with E-state index in [1.54, 1.807) is 0 Å². The Morgan fingerprint density at radius 3 is 2.61 bits per heavy atom. The molecule has 0 aromatic heterocycles.